The lowest BCUT2D eigenvalue weighted by Crippen LogP contribution is -2.40. The minimum Gasteiger partial charge on any atom is -0.312 e. The Kier molecular flexibility index (Phi) is 4.77. The predicted molar refractivity (Wildman–Crippen MR) is 127 cm³/mol. The Bertz CT molecular complexity index is 1440. The van der Waals surface area contributed by atoms with E-state index in [2.05, 4.69) is 36.9 Å². The fraction of sp³-hybridized carbons (Fsp3) is 0.320. The number of nitrogens with zero attached hydrogens (tertiary/aromatic N) is 5. The zero-order valence-electron chi connectivity index (χ0n) is 18.9. The van der Waals surface area contributed by atoms with E-state index in [1.807, 2.05) is 41.8 Å². The summed E-state index contributed by atoms with van der Waals surface area (Å²) in [6.07, 6.45) is 0. The molecule has 1 unspecified atom stereocenters. The molecule has 2 aromatic carbocycles. The van der Waals surface area contributed by atoms with Gasteiger partial charge in [0.25, 0.3) is 5.56 Å². The van der Waals surface area contributed by atoms with Gasteiger partial charge in [-0.3, -0.25) is 13.9 Å². The first-order valence-corrected chi connectivity index (χ1v) is 10.9. The molecule has 4 aromatic rings. The van der Waals surface area contributed by atoms with Gasteiger partial charge in [-0.15, -0.1) is 0 Å². The quantitative estimate of drug-likeness (QED) is 0.501. The minimum atomic E-state index is -0.353. The molecule has 3 heterocycles. The average molecular weight is 430 g/mol. The molecule has 0 aliphatic carbocycles. The van der Waals surface area contributed by atoms with Gasteiger partial charge in [0.1, 0.15) is 0 Å². The smallest absolute Gasteiger partial charge is 0.312 e. The Morgan fingerprint density at radius 3 is 2.47 bits per heavy atom. The molecule has 0 spiro atoms. The van der Waals surface area contributed by atoms with E-state index in [0.717, 1.165) is 28.9 Å². The number of aromatic nitrogens is 4. The zero-order valence-corrected chi connectivity index (χ0v) is 18.9. The zero-order chi connectivity index (χ0) is 22.6. The van der Waals surface area contributed by atoms with Crippen molar-refractivity contribution < 1.29 is 0 Å². The fourth-order valence-corrected chi connectivity index (χ4v) is 4.53. The van der Waals surface area contributed by atoms with Gasteiger partial charge in [-0.2, -0.15) is 4.98 Å². The van der Waals surface area contributed by atoms with Crippen LogP contribution < -0.4 is 16.1 Å². The summed E-state index contributed by atoms with van der Waals surface area (Å²) in [6, 6.07) is 16.2. The second-order valence-corrected chi connectivity index (χ2v) is 8.97. The first kappa shape index (κ1) is 20.3. The van der Waals surface area contributed by atoms with E-state index in [9.17, 15) is 9.59 Å². The van der Waals surface area contributed by atoms with E-state index in [4.69, 9.17) is 4.98 Å². The molecule has 1 aliphatic rings. The topological polar surface area (TPSA) is 65.1 Å². The summed E-state index contributed by atoms with van der Waals surface area (Å²) in [5.74, 6) is 1.03. The molecule has 7 nitrogen and oxygen atoms in total. The van der Waals surface area contributed by atoms with Gasteiger partial charge >= 0.3 is 5.69 Å². The molecule has 0 bridgehead atoms. The highest BCUT2D eigenvalue weighted by Crippen LogP contribution is 2.33. The van der Waals surface area contributed by atoms with Gasteiger partial charge in [0.05, 0.1) is 6.54 Å². The maximum absolute atomic E-state index is 13.6. The molecule has 0 saturated heterocycles. The van der Waals surface area contributed by atoms with Gasteiger partial charge in [0.2, 0.25) is 5.95 Å². The molecule has 164 valence electrons. The molecule has 7 heteroatoms. The van der Waals surface area contributed by atoms with Crippen molar-refractivity contribution in [2.24, 2.45) is 13.0 Å². The number of hydrogen-bond donors (Lipinski definition) is 0. The SMILES string of the molecule is Cc1ccc(Cn2c(=O)c3c(nc4n3CC(C)CN4c3cccc(C)c3)n(C)c2=O)cc1. The lowest BCUT2D eigenvalue weighted by atomic mass is 10.1. The summed E-state index contributed by atoms with van der Waals surface area (Å²) in [6.45, 7) is 7.97. The first-order chi connectivity index (χ1) is 15.3. The number of hydrogen-bond acceptors (Lipinski definition) is 4. The Hall–Kier alpha value is -3.61. The van der Waals surface area contributed by atoms with Crippen LogP contribution in [0.1, 0.15) is 23.6 Å². The molecule has 0 saturated carbocycles. The van der Waals surface area contributed by atoms with Crippen LogP contribution in [0, 0.1) is 19.8 Å². The van der Waals surface area contributed by atoms with Crippen LogP contribution in [-0.4, -0.2) is 25.2 Å². The van der Waals surface area contributed by atoms with E-state index in [-0.39, 0.29) is 17.8 Å². The summed E-state index contributed by atoms with van der Waals surface area (Å²) in [4.78, 5) is 33.6. The Balaban J connectivity index is 1.72. The molecule has 2 aromatic heterocycles. The molecular weight excluding hydrogens is 402 g/mol. The highest BCUT2D eigenvalue weighted by atomic mass is 16.2. The van der Waals surface area contributed by atoms with Gasteiger partial charge < -0.3 is 9.47 Å². The van der Waals surface area contributed by atoms with Crippen LogP contribution in [0.4, 0.5) is 11.6 Å². The molecule has 32 heavy (non-hydrogen) atoms. The second kappa shape index (κ2) is 7.51. The van der Waals surface area contributed by atoms with Gasteiger partial charge in [0, 0.05) is 25.8 Å². The van der Waals surface area contributed by atoms with Crippen LogP contribution in [0.3, 0.4) is 0 Å². The van der Waals surface area contributed by atoms with Crippen molar-refractivity contribution in [3.63, 3.8) is 0 Å². The summed E-state index contributed by atoms with van der Waals surface area (Å²) in [5.41, 5.74) is 4.53. The third-order valence-electron chi connectivity index (χ3n) is 6.22. The van der Waals surface area contributed by atoms with E-state index in [0.29, 0.717) is 29.6 Å². The van der Waals surface area contributed by atoms with Crippen molar-refractivity contribution in [1.29, 1.82) is 0 Å². The summed E-state index contributed by atoms with van der Waals surface area (Å²) >= 11 is 0. The second-order valence-electron chi connectivity index (χ2n) is 8.97. The summed E-state index contributed by atoms with van der Waals surface area (Å²) in [7, 11) is 1.69. The molecule has 5 rings (SSSR count). The predicted octanol–water partition coefficient (Wildman–Crippen LogP) is 3.35. The van der Waals surface area contributed by atoms with Gasteiger partial charge in [-0.1, -0.05) is 48.9 Å². The number of benzene rings is 2. The highest BCUT2D eigenvalue weighted by molar-refractivity contribution is 5.77. The van der Waals surface area contributed by atoms with Crippen molar-refractivity contribution in [1.82, 2.24) is 18.7 Å². The molecule has 0 N–H and O–H groups in total. The monoisotopic (exact) mass is 429 g/mol. The minimum absolute atomic E-state index is 0.236. The van der Waals surface area contributed by atoms with Gasteiger partial charge in [-0.05, 0) is 43.0 Å². The van der Waals surface area contributed by atoms with Crippen LogP contribution in [0.2, 0.25) is 0 Å². The Morgan fingerprint density at radius 2 is 1.75 bits per heavy atom. The number of fused-ring (bicyclic) bond motifs is 3. The number of anilines is 2. The number of rotatable bonds is 3. The highest BCUT2D eigenvalue weighted by Gasteiger charge is 2.29. The third-order valence-corrected chi connectivity index (χ3v) is 6.22. The maximum Gasteiger partial charge on any atom is 0.332 e. The maximum atomic E-state index is 13.6. The van der Waals surface area contributed by atoms with Crippen LogP contribution in [-0.2, 0) is 20.1 Å². The molecule has 0 radical (unpaired) electrons. The first-order valence-electron chi connectivity index (χ1n) is 10.9. The largest absolute Gasteiger partial charge is 0.332 e. The van der Waals surface area contributed by atoms with E-state index in [1.54, 1.807) is 7.05 Å². The van der Waals surface area contributed by atoms with Crippen molar-refractivity contribution in [3.8, 4) is 0 Å². The molecule has 1 atom stereocenters. The standard InChI is InChI=1S/C25H27N5O2/c1-16-8-10-19(11-9-16)15-30-23(31)21-22(27(4)25(30)32)26-24-28(13-18(3)14-29(21)24)20-7-5-6-17(2)12-20/h5-12,18H,13-15H2,1-4H3. The Labute approximate surface area is 186 Å². The van der Waals surface area contributed by atoms with E-state index in [1.165, 1.54) is 9.13 Å². The molecule has 1 aliphatic heterocycles. The van der Waals surface area contributed by atoms with Crippen LogP contribution in [0.25, 0.3) is 11.2 Å². The van der Waals surface area contributed by atoms with E-state index < -0.39 is 0 Å². The van der Waals surface area contributed by atoms with Crippen molar-refractivity contribution >= 4 is 22.8 Å². The lowest BCUT2D eigenvalue weighted by molar-refractivity contribution is 0.458. The molecule has 0 amide bonds. The number of aryl methyl sites for hydroxylation is 3. The van der Waals surface area contributed by atoms with Crippen molar-refractivity contribution in [2.45, 2.75) is 33.9 Å². The third kappa shape index (κ3) is 3.25. The molecule has 0 fully saturated rings. The normalized spacial score (nSPS) is 15.9. The van der Waals surface area contributed by atoms with Crippen LogP contribution in [0.15, 0.2) is 58.1 Å². The fourth-order valence-electron chi connectivity index (χ4n) is 4.53. The molecular formula is C25H27N5O2. The van der Waals surface area contributed by atoms with Crippen molar-refractivity contribution in [2.75, 3.05) is 11.4 Å². The summed E-state index contributed by atoms with van der Waals surface area (Å²) < 4.78 is 4.80. The average Bonchev–Trinajstić information content (AvgIpc) is 3.15. The van der Waals surface area contributed by atoms with Gasteiger partial charge in [-0.25, -0.2) is 4.79 Å². The van der Waals surface area contributed by atoms with Crippen LogP contribution in [0.5, 0.6) is 0 Å². The Morgan fingerprint density at radius 1 is 1.00 bits per heavy atom. The number of imidazole rings is 1. The van der Waals surface area contributed by atoms with Crippen molar-refractivity contribution in [3.05, 3.63) is 86.1 Å². The van der Waals surface area contributed by atoms with Crippen LogP contribution >= 0.6 is 0 Å². The lowest BCUT2D eigenvalue weighted by Gasteiger charge is -2.33. The summed E-state index contributed by atoms with van der Waals surface area (Å²) in [5, 5.41) is 0. The van der Waals surface area contributed by atoms with E-state index >= 15 is 0 Å². The van der Waals surface area contributed by atoms with Gasteiger partial charge in [0.15, 0.2) is 11.2 Å².